The summed E-state index contributed by atoms with van der Waals surface area (Å²) in [6, 6.07) is 13.3. The molecule has 1 aromatic heterocycles. The van der Waals surface area contributed by atoms with Crippen molar-refractivity contribution in [2.24, 2.45) is 5.73 Å². The zero-order valence-corrected chi connectivity index (χ0v) is 11.6. The van der Waals surface area contributed by atoms with Gasteiger partial charge in [0.2, 0.25) is 5.91 Å². The van der Waals surface area contributed by atoms with Gasteiger partial charge in [-0.25, -0.2) is 0 Å². The van der Waals surface area contributed by atoms with E-state index in [0.29, 0.717) is 0 Å². The third kappa shape index (κ3) is 4.50. The normalized spacial score (nSPS) is 10.1. The monoisotopic (exact) mass is 283 g/mol. The van der Waals surface area contributed by atoms with E-state index in [-0.39, 0.29) is 31.2 Å². The summed E-state index contributed by atoms with van der Waals surface area (Å²) in [6.45, 7) is -0.0787. The lowest BCUT2D eigenvalue weighted by atomic mass is 10.1. The lowest BCUT2D eigenvalue weighted by Crippen LogP contribution is -2.33. The van der Waals surface area contributed by atoms with E-state index in [2.05, 4.69) is 10.3 Å². The number of amides is 1. The molecular weight excluding hydrogens is 266 g/mol. The van der Waals surface area contributed by atoms with E-state index in [1.165, 1.54) is 0 Å². The molecule has 0 aliphatic heterocycles. The maximum Gasteiger partial charge on any atom is 0.224 e. The van der Waals surface area contributed by atoms with Gasteiger partial charge in [-0.1, -0.05) is 24.3 Å². The maximum atomic E-state index is 11.8. The average Bonchev–Trinajstić information content (AvgIpc) is 2.53. The van der Waals surface area contributed by atoms with E-state index in [0.717, 1.165) is 16.8 Å². The number of pyridine rings is 1. The number of hydrogen-bond acceptors (Lipinski definition) is 4. The fraction of sp³-hybridized carbons (Fsp3) is 0.188. The Morgan fingerprint density at radius 3 is 2.71 bits per heavy atom. The first-order chi connectivity index (χ1) is 10.2. The summed E-state index contributed by atoms with van der Waals surface area (Å²) < 4.78 is 0. The van der Waals surface area contributed by atoms with Gasteiger partial charge in [-0.05, 0) is 23.8 Å². The van der Waals surface area contributed by atoms with Gasteiger partial charge in [-0.15, -0.1) is 0 Å². The molecule has 0 atom stereocenters. The number of carbonyl (C=O) groups is 2. The smallest absolute Gasteiger partial charge is 0.224 e. The number of nitrogens with one attached hydrogen (secondary N) is 1. The van der Waals surface area contributed by atoms with Crippen LogP contribution in [0.4, 0.5) is 0 Å². The molecule has 0 saturated carbocycles. The first-order valence-electron chi connectivity index (χ1n) is 6.68. The Hall–Kier alpha value is -2.53. The highest BCUT2D eigenvalue weighted by atomic mass is 16.2. The fourth-order valence-corrected chi connectivity index (χ4v) is 1.89. The Kier molecular flexibility index (Phi) is 5.17. The minimum absolute atomic E-state index is 0.0186. The van der Waals surface area contributed by atoms with Crippen molar-refractivity contribution in [3.05, 3.63) is 54.2 Å². The first kappa shape index (κ1) is 14.9. The third-order valence-electron chi connectivity index (χ3n) is 2.96. The van der Waals surface area contributed by atoms with Crippen LogP contribution in [0.3, 0.4) is 0 Å². The Bertz CT molecular complexity index is 626. The number of rotatable bonds is 6. The van der Waals surface area contributed by atoms with Crippen molar-refractivity contribution >= 4 is 11.7 Å². The van der Waals surface area contributed by atoms with E-state index in [4.69, 9.17) is 5.73 Å². The minimum atomic E-state index is -0.199. The number of carbonyl (C=O) groups excluding carboxylic acids is 2. The van der Waals surface area contributed by atoms with Gasteiger partial charge in [-0.3, -0.25) is 14.6 Å². The summed E-state index contributed by atoms with van der Waals surface area (Å²) >= 11 is 0. The lowest BCUT2D eigenvalue weighted by molar-refractivity contribution is -0.124. The van der Waals surface area contributed by atoms with Crippen molar-refractivity contribution in [1.29, 1.82) is 0 Å². The van der Waals surface area contributed by atoms with Crippen molar-refractivity contribution in [3.8, 4) is 11.3 Å². The number of nitrogens with zero attached hydrogens (tertiary/aromatic N) is 1. The molecule has 108 valence electrons. The molecule has 5 nitrogen and oxygen atoms in total. The number of Topliss-reactive ketones (excluding diaryl/α,β-unsaturated/α-hetero) is 1. The highest BCUT2D eigenvalue weighted by molar-refractivity contribution is 5.87. The molecule has 21 heavy (non-hydrogen) atoms. The van der Waals surface area contributed by atoms with Crippen LogP contribution in [0.15, 0.2) is 48.7 Å². The molecule has 2 rings (SSSR count). The molecule has 0 saturated heterocycles. The molecule has 0 unspecified atom stereocenters. The molecule has 2 aromatic rings. The molecule has 0 spiro atoms. The fourth-order valence-electron chi connectivity index (χ4n) is 1.89. The van der Waals surface area contributed by atoms with E-state index >= 15 is 0 Å². The van der Waals surface area contributed by atoms with E-state index in [1.54, 1.807) is 6.20 Å². The highest BCUT2D eigenvalue weighted by Gasteiger charge is 2.07. The molecule has 1 amide bonds. The second kappa shape index (κ2) is 7.31. The van der Waals surface area contributed by atoms with Gasteiger partial charge in [0.1, 0.15) is 0 Å². The molecule has 0 fully saturated rings. The van der Waals surface area contributed by atoms with Gasteiger partial charge in [-0.2, -0.15) is 0 Å². The predicted octanol–water partition coefficient (Wildman–Crippen LogP) is 0.935. The van der Waals surface area contributed by atoms with E-state index in [1.807, 2.05) is 42.5 Å². The van der Waals surface area contributed by atoms with Crippen LogP contribution in [0.2, 0.25) is 0 Å². The molecule has 3 N–H and O–H groups in total. The second-order valence-electron chi connectivity index (χ2n) is 4.61. The second-order valence-corrected chi connectivity index (χ2v) is 4.61. The summed E-state index contributed by atoms with van der Waals surface area (Å²) in [5.41, 5.74) is 7.88. The summed E-state index contributed by atoms with van der Waals surface area (Å²) in [4.78, 5) is 27.1. The molecule has 0 aliphatic carbocycles. The SMILES string of the molecule is NCC(=O)CNC(=O)Cc1cccc(-c2ccccn2)c1. The number of benzene rings is 1. The van der Waals surface area contributed by atoms with Gasteiger partial charge in [0.25, 0.3) is 0 Å². The van der Waals surface area contributed by atoms with Gasteiger partial charge >= 0.3 is 0 Å². The van der Waals surface area contributed by atoms with Crippen molar-refractivity contribution in [1.82, 2.24) is 10.3 Å². The number of hydrogen-bond donors (Lipinski definition) is 2. The Balaban J connectivity index is 2.01. The molecular formula is C16H17N3O2. The Labute approximate surface area is 123 Å². The summed E-state index contributed by atoms with van der Waals surface area (Å²) in [5.74, 6) is -0.388. The maximum absolute atomic E-state index is 11.8. The Morgan fingerprint density at radius 2 is 2.00 bits per heavy atom. The molecule has 5 heteroatoms. The highest BCUT2D eigenvalue weighted by Crippen LogP contribution is 2.17. The first-order valence-corrected chi connectivity index (χ1v) is 6.68. The number of ketones is 1. The topological polar surface area (TPSA) is 85.1 Å². The summed E-state index contributed by atoms with van der Waals surface area (Å²) in [7, 11) is 0. The van der Waals surface area contributed by atoms with Gasteiger partial charge in [0, 0.05) is 11.8 Å². The van der Waals surface area contributed by atoms with Crippen molar-refractivity contribution in [2.45, 2.75) is 6.42 Å². The minimum Gasteiger partial charge on any atom is -0.349 e. The van der Waals surface area contributed by atoms with Crippen molar-refractivity contribution in [2.75, 3.05) is 13.1 Å². The van der Waals surface area contributed by atoms with E-state index in [9.17, 15) is 9.59 Å². The van der Waals surface area contributed by atoms with Crippen LogP contribution in [0.5, 0.6) is 0 Å². The van der Waals surface area contributed by atoms with Crippen LogP contribution < -0.4 is 11.1 Å². The Morgan fingerprint density at radius 1 is 1.14 bits per heavy atom. The van der Waals surface area contributed by atoms with Crippen LogP contribution in [0, 0.1) is 0 Å². The van der Waals surface area contributed by atoms with E-state index < -0.39 is 0 Å². The summed E-state index contributed by atoms with van der Waals surface area (Å²) in [5, 5.41) is 2.56. The molecule has 1 heterocycles. The van der Waals surface area contributed by atoms with Crippen LogP contribution in [0.1, 0.15) is 5.56 Å². The average molecular weight is 283 g/mol. The molecule has 0 bridgehead atoms. The zero-order valence-electron chi connectivity index (χ0n) is 11.6. The summed E-state index contributed by atoms with van der Waals surface area (Å²) in [6.07, 6.45) is 1.95. The van der Waals surface area contributed by atoms with Gasteiger partial charge < -0.3 is 11.1 Å². The van der Waals surface area contributed by atoms with Crippen molar-refractivity contribution < 1.29 is 9.59 Å². The number of nitrogens with two attached hydrogens (primary N) is 1. The third-order valence-corrected chi connectivity index (χ3v) is 2.96. The quantitative estimate of drug-likeness (QED) is 0.826. The van der Waals surface area contributed by atoms with Gasteiger partial charge in [0.15, 0.2) is 5.78 Å². The predicted molar refractivity (Wildman–Crippen MR) is 80.4 cm³/mol. The lowest BCUT2D eigenvalue weighted by Gasteiger charge is -2.06. The number of aromatic nitrogens is 1. The standard InChI is InChI=1S/C16H17N3O2/c17-10-14(20)11-19-16(21)9-12-4-3-5-13(8-12)15-6-1-2-7-18-15/h1-8H,9-11,17H2,(H,19,21). The van der Waals surface area contributed by atoms with Crippen molar-refractivity contribution in [3.63, 3.8) is 0 Å². The molecule has 0 aliphatic rings. The zero-order chi connectivity index (χ0) is 15.1. The van der Waals surface area contributed by atoms with Gasteiger partial charge in [0.05, 0.1) is 25.2 Å². The molecule has 0 radical (unpaired) electrons. The van der Waals surface area contributed by atoms with Crippen LogP contribution in [-0.4, -0.2) is 29.8 Å². The van der Waals surface area contributed by atoms with Crippen LogP contribution >= 0.6 is 0 Å². The van der Waals surface area contributed by atoms with Crippen LogP contribution in [-0.2, 0) is 16.0 Å². The van der Waals surface area contributed by atoms with Crippen LogP contribution in [0.25, 0.3) is 11.3 Å². The largest absolute Gasteiger partial charge is 0.349 e. The molecule has 1 aromatic carbocycles.